The van der Waals surface area contributed by atoms with Crippen LogP contribution in [0.4, 0.5) is 0 Å². The minimum Gasteiger partial charge on any atom is -0.309 e. The fourth-order valence-electron chi connectivity index (χ4n) is 14.4. The molecule has 20 aromatic rings. The van der Waals surface area contributed by atoms with Crippen LogP contribution in [0.25, 0.3) is 188 Å². The van der Waals surface area contributed by atoms with Crippen LogP contribution < -0.4 is 0 Å². The van der Waals surface area contributed by atoms with E-state index in [1.54, 1.807) is 0 Å². The molecule has 0 saturated carbocycles. The van der Waals surface area contributed by atoms with Gasteiger partial charge in [-0.05, 0) is 143 Å². The van der Waals surface area contributed by atoms with E-state index >= 15 is 0 Å². The molecule has 0 aliphatic carbocycles. The van der Waals surface area contributed by atoms with Crippen LogP contribution in [0, 0.1) is 0 Å². The van der Waals surface area contributed by atoms with E-state index in [0.717, 1.165) is 77.1 Å². The third-order valence-corrected chi connectivity index (χ3v) is 21.9. The van der Waals surface area contributed by atoms with Gasteiger partial charge < -0.3 is 4.57 Å². The standard InChI is InChI=1S/C80H45N5S3/c1-7-19-67-53(13-1)62-39-46(49-25-32-59-56-16-4-10-22-73(56)86-76(59)42-49)28-36-70(62)83(67)52-31-35-66-65(45-52)79(84-68-20-8-2-14-54(68)63-40-47(29-37-71(63)84)50-26-33-60-57-17-5-11-23-74(57)87-77(60)43-50)82-80(81-66)85-69-21-9-3-15-55(69)64-41-48(30-38-72(64)85)51-27-34-61-58-18-6-12-24-75(58)88-78(61)44-51/h1-45H. The van der Waals surface area contributed by atoms with Gasteiger partial charge in [-0.1, -0.05) is 164 Å². The maximum Gasteiger partial charge on any atom is 0.237 e. The van der Waals surface area contributed by atoms with E-state index in [9.17, 15) is 0 Å². The number of fused-ring (bicyclic) bond motifs is 19. The molecule has 8 heteroatoms. The van der Waals surface area contributed by atoms with Gasteiger partial charge in [0.2, 0.25) is 5.95 Å². The summed E-state index contributed by atoms with van der Waals surface area (Å²) in [5.74, 6) is 1.42. The number of nitrogens with zero attached hydrogens (tertiary/aromatic N) is 5. The van der Waals surface area contributed by atoms with E-state index in [2.05, 4.69) is 287 Å². The molecular weight excluding hydrogens is 1130 g/mol. The van der Waals surface area contributed by atoms with Gasteiger partial charge in [0, 0.05) is 104 Å². The maximum atomic E-state index is 5.89. The minimum absolute atomic E-state index is 0.610. The number of thiophene rings is 3. The van der Waals surface area contributed by atoms with Crippen molar-refractivity contribution in [3.8, 4) is 50.8 Å². The largest absolute Gasteiger partial charge is 0.309 e. The molecule has 5 nitrogen and oxygen atoms in total. The Morgan fingerprint density at radius 3 is 1.02 bits per heavy atom. The molecule has 88 heavy (non-hydrogen) atoms. The molecule has 7 heterocycles. The highest BCUT2D eigenvalue weighted by atomic mass is 32.1. The summed E-state index contributed by atoms with van der Waals surface area (Å²) >= 11 is 5.58. The Hall–Kier alpha value is -10.7. The van der Waals surface area contributed by atoms with Crippen molar-refractivity contribution in [3.63, 3.8) is 0 Å². The zero-order valence-electron chi connectivity index (χ0n) is 46.9. The molecule has 0 aliphatic heterocycles. The number of hydrogen-bond donors (Lipinski definition) is 0. The number of hydrogen-bond acceptors (Lipinski definition) is 5. The van der Waals surface area contributed by atoms with Crippen molar-refractivity contribution in [2.45, 2.75) is 0 Å². The SMILES string of the molecule is c1ccc2c(c1)sc1cc(-c3ccc4c(c3)c3ccccc3n4-c3ccc4nc(-n5c6ccccc6c6cc(-c7ccc8c(c7)sc7ccccc78)ccc65)nc(-n5c6ccccc6c6cc(-c7ccc8c(c7)sc7ccccc78)ccc65)c4c3)ccc12. The molecular formula is C80H45N5S3. The summed E-state index contributed by atoms with van der Waals surface area (Å²) in [7, 11) is 0. The average Bonchev–Trinajstić information content (AvgIpc) is 1.68. The Morgan fingerprint density at radius 1 is 0.216 bits per heavy atom. The van der Waals surface area contributed by atoms with Gasteiger partial charge in [-0.25, -0.2) is 4.98 Å². The topological polar surface area (TPSA) is 40.6 Å². The van der Waals surface area contributed by atoms with E-state index in [1.807, 2.05) is 34.0 Å². The molecule has 408 valence electrons. The lowest BCUT2D eigenvalue weighted by atomic mass is 10.0. The Balaban J connectivity index is 0.799. The molecule has 20 rings (SSSR count). The molecule has 0 amide bonds. The first-order valence-electron chi connectivity index (χ1n) is 29.8. The molecule has 0 bridgehead atoms. The number of benzene rings is 13. The molecule has 7 aromatic heterocycles. The summed E-state index contributed by atoms with van der Waals surface area (Å²) < 4.78 is 14.9. The van der Waals surface area contributed by atoms with Crippen molar-refractivity contribution in [1.82, 2.24) is 23.7 Å². The summed E-state index contributed by atoms with van der Waals surface area (Å²) in [5.41, 5.74) is 15.6. The highest BCUT2D eigenvalue weighted by Gasteiger charge is 2.24. The van der Waals surface area contributed by atoms with Gasteiger partial charge in [0.05, 0.1) is 38.6 Å². The molecule has 0 radical (unpaired) electrons. The van der Waals surface area contributed by atoms with Crippen molar-refractivity contribution in [2.24, 2.45) is 0 Å². The molecule has 13 aromatic carbocycles. The highest BCUT2D eigenvalue weighted by molar-refractivity contribution is 7.26. The zero-order chi connectivity index (χ0) is 57.3. The third kappa shape index (κ3) is 7.07. The van der Waals surface area contributed by atoms with Crippen LogP contribution in [-0.2, 0) is 0 Å². The Kier molecular flexibility index (Phi) is 10.1. The first kappa shape index (κ1) is 48.5. The normalized spacial score (nSPS) is 12.3. The summed E-state index contributed by atoms with van der Waals surface area (Å²) in [5, 5.41) is 15.8. The lowest BCUT2D eigenvalue weighted by Crippen LogP contribution is -2.08. The average molecular weight is 1170 g/mol. The Morgan fingerprint density at radius 2 is 0.557 bits per heavy atom. The Labute approximate surface area is 514 Å². The van der Waals surface area contributed by atoms with Gasteiger partial charge in [0.15, 0.2) is 5.82 Å². The summed E-state index contributed by atoms with van der Waals surface area (Å²) in [4.78, 5) is 11.5. The van der Waals surface area contributed by atoms with Crippen LogP contribution in [0.2, 0.25) is 0 Å². The monoisotopic (exact) mass is 1170 g/mol. The molecule has 0 aliphatic rings. The molecule has 0 fully saturated rings. The quantitative estimate of drug-likeness (QED) is 0.166. The summed E-state index contributed by atoms with van der Waals surface area (Å²) in [6.07, 6.45) is 0. The Bertz CT molecular complexity index is 6400. The van der Waals surface area contributed by atoms with Crippen LogP contribution in [-0.4, -0.2) is 23.7 Å². The highest BCUT2D eigenvalue weighted by Crippen LogP contribution is 2.45. The first-order chi connectivity index (χ1) is 43.6. The van der Waals surface area contributed by atoms with Crippen molar-refractivity contribution in [3.05, 3.63) is 273 Å². The van der Waals surface area contributed by atoms with Crippen LogP contribution in [0.15, 0.2) is 273 Å². The molecule has 0 saturated heterocycles. The predicted molar refractivity (Wildman–Crippen MR) is 378 cm³/mol. The number of para-hydroxylation sites is 3. The van der Waals surface area contributed by atoms with Crippen LogP contribution in [0.1, 0.15) is 0 Å². The second-order valence-electron chi connectivity index (χ2n) is 23.2. The second-order valence-corrected chi connectivity index (χ2v) is 26.5. The van der Waals surface area contributed by atoms with E-state index in [0.29, 0.717) is 5.95 Å². The van der Waals surface area contributed by atoms with Crippen molar-refractivity contribution in [1.29, 1.82) is 0 Å². The van der Waals surface area contributed by atoms with Gasteiger partial charge in [-0.15, -0.1) is 34.0 Å². The fraction of sp³-hybridized carbons (Fsp3) is 0. The summed E-state index contributed by atoms with van der Waals surface area (Å²) in [6, 6.07) is 101. The van der Waals surface area contributed by atoms with Crippen molar-refractivity contribution in [2.75, 3.05) is 0 Å². The van der Waals surface area contributed by atoms with Gasteiger partial charge in [0.1, 0.15) is 0 Å². The fourth-order valence-corrected chi connectivity index (χ4v) is 17.8. The molecule has 0 unspecified atom stereocenters. The summed E-state index contributed by atoms with van der Waals surface area (Å²) in [6.45, 7) is 0. The van der Waals surface area contributed by atoms with E-state index in [4.69, 9.17) is 9.97 Å². The van der Waals surface area contributed by atoms with Gasteiger partial charge in [-0.3, -0.25) is 9.13 Å². The van der Waals surface area contributed by atoms with Crippen LogP contribution in [0.3, 0.4) is 0 Å². The molecule has 0 N–H and O–H groups in total. The zero-order valence-corrected chi connectivity index (χ0v) is 49.4. The molecule has 0 atom stereocenters. The lowest BCUT2D eigenvalue weighted by molar-refractivity contribution is 0.972. The van der Waals surface area contributed by atoms with Crippen molar-refractivity contribution < 1.29 is 0 Å². The predicted octanol–water partition coefficient (Wildman–Crippen LogP) is 23.0. The van der Waals surface area contributed by atoms with Crippen molar-refractivity contribution >= 4 is 171 Å². The molecule has 0 spiro atoms. The van der Waals surface area contributed by atoms with Crippen LogP contribution in [0.5, 0.6) is 0 Å². The van der Waals surface area contributed by atoms with E-state index in [1.165, 1.54) is 105 Å². The lowest BCUT2D eigenvalue weighted by Gasteiger charge is -2.16. The van der Waals surface area contributed by atoms with Gasteiger partial charge in [0.25, 0.3) is 0 Å². The van der Waals surface area contributed by atoms with E-state index < -0.39 is 0 Å². The van der Waals surface area contributed by atoms with Crippen LogP contribution >= 0.6 is 34.0 Å². The number of rotatable bonds is 6. The smallest absolute Gasteiger partial charge is 0.237 e. The maximum absolute atomic E-state index is 5.89. The second kappa shape index (κ2) is 18.4. The van der Waals surface area contributed by atoms with Gasteiger partial charge in [-0.2, -0.15) is 4.98 Å². The van der Waals surface area contributed by atoms with Gasteiger partial charge >= 0.3 is 0 Å². The minimum atomic E-state index is 0.610. The number of aromatic nitrogens is 5. The first-order valence-corrected chi connectivity index (χ1v) is 32.2. The third-order valence-electron chi connectivity index (χ3n) is 18.5. The van der Waals surface area contributed by atoms with E-state index in [-0.39, 0.29) is 0 Å².